The van der Waals surface area contributed by atoms with Gasteiger partial charge in [-0.1, -0.05) is 45.4 Å². The second-order valence-electron chi connectivity index (χ2n) is 9.22. The van der Waals surface area contributed by atoms with Gasteiger partial charge in [0.1, 0.15) is 5.60 Å². The van der Waals surface area contributed by atoms with Gasteiger partial charge in [-0.2, -0.15) is 13.2 Å². The molecule has 7 heteroatoms. The summed E-state index contributed by atoms with van der Waals surface area (Å²) in [5, 5.41) is 2.93. The highest BCUT2D eigenvalue weighted by Crippen LogP contribution is 2.42. The molecule has 1 aromatic carbocycles. The van der Waals surface area contributed by atoms with Gasteiger partial charge < -0.3 is 15.0 Å². The van der Waals surface area contributed by atoms with Crippen LogP contribution in [0.5, 0.6) is 0 Å². The van der Waals surface area contributed by atoms with Crippen LogP contribution >= 0.6 is 0 Å². The van der Waals surface area contributed by atoms with E-state index < -0.39 is 23.3 Å². The summed E-state index contributed by atoms with van der Waals surface area (Å²) < 4.78 is 45.9. The van der Waals surface area contributed by atoms with Gasteiger partial charge in [0.25, 0.3) is 5.91 Å². The number of anilines is 1. The normalized spacial score (nSPS) is 23.6. The van der Waals surface area contributed by atoms with E-state index in [-0.39, 0.29) is 17.4 Å². The van der Waals surface area contributed by atoms with Crippen molar-refractivity contribution in [2.24, 2.45) is 0 Å². The number of nitrogens with zero attached hydrogens (tertiary/aromatic N) is 1. The summed E-state index contributed by atoms with van der Waals surface area (Å²) in [7, 11) is 3.50. The first-order chi connectivity index (χ1) is 14.4. The lowest BCUT2D eigenvalue weighted by Crippen LogP contribution is -2.43. The first kappa shape index (κ1) is 23.5. The third-order valence-electron chi connectivity index (χ3n) is 6.24. The first-order valence-corrected chi connectivity index (χ1v) is 10.6. The molecule has 1 aliphatic carbocycles. The molecule has 1 amide bonds. The number of ether oxygens (including phenoxy) is 1. The third kappa shape index (κ3) is 4.58. The Hall–Kier alpha value is -2.12. The molecule has 1 aromatic rings. The van der Waals surface area contributed by atoms with Crippen LogP contribution in [0.15, 0.2) is 41.5 Å². The number of methoxy groups -OCH3 is 1. The van der Waals surface area contributed by atoms with E-state index in [1.807, 2.05) is 32.2 Å². The van der Waals surface area contributed by atoms with E-state index in [4.69, 9.17) is 4.74 Å². The number of hydrogen-bond donors (Lipinski definition) is 1. The van der Waals surface area contributed by atoms with E-state index in [0.717, 1.165) is 36.4 Å². The fourth-order valence-electron chi connectivity index (χ4n) is 5.06. The highest BCUT2D eigenvalue weighted by atomic mass is 19.4. The van der Waals surface area contributed by atoms with Crippen LogP contribution in [0.1, 0.15) is 51.2 Å². The zero-order chi connectivity index (χ0) is 23.0. The van der Waals surface area contributed by atoms with Crippen LogP contribution in [-0.2, 0) is 21.5 Å². The highest BCUT2D eigenvalue weighted by Gasteiger charge is 2.44. The van der Waals surface area contributed by atoms with Crippen molar-refractivity contribution in [2.45, 2.75) is 63.8 Å². The Morgan fingerprint density at radius 3 is 2.61 bits per heavy atom. The third-order valence-corrected chi connectivity index (χ3v) is 6.24. The molecule has 0 aromatic heterocycles. The molecule has 1 atom stereocenters. The summed E-state index contributed by atoms with van der Waals surface area (Å²) in [5.41, 5.74) is 0.712. The second-order valence-corrected chi connectivity index (χ2v) is 9.22. The van der Waals surface area contributed by atoms with Crippen LogP contribution < -0.4 is 5.32 Å². The summed E-state index contributed by atoms with van der Waals surface area (Å²) in [4.78, 5) is 15.6. The smallest absolute Gasteiger partial charge is 0.373 e. The SMILES string of the molecule is CCCC1(OC)CC=C(C(F)(F)F)C=C1C(=O)Nc1cccc2c1C(C)(C)CN(C)C2. The maximum atomic E-state index is 13.4. The summed E-state index contributed by atoms with van der Waals surface area (Å²) >= 11 is 0. The van der Waals surface area contributed by atoms with E-state index in [1.165, 1.54) is 7.11 Å². The van der Waals surface area contributed by atoms with Crippen LogP contribution in [0.4, 0.5) is 18.9 Å². The number of allylic oxidation sites excluding steroid dienone is 2. The molecular formula is C24H31F3N2O2. The number of likely N-dealkylation sites (N-methyl/N-ethyl adjacent to an activating group) is 1. The largest absolute Gasteiger partial charge is 0.416 e. The van der Waals surface area contributed by atoms with E-state index >= 15 is 0 Å². The molecule has 0 fully saturated rings. The standard InChI is InChI=1S/C24H31F3N2O2/c1-6-11-23(31-5)12-10-17(24(25,26)27)13-18(23)21(30)28-19-9-7-8-16-14-29(4)15-22(2,3)20(16)19/h7-10,13H,6,11-12,14-15H2,1-5H3,(H,28,30). The summed E-state index contributed by atoms with van der Waals surface area (Å²) in [6, 6.07) is 5.72. The van der Waals surface area contributed by atoms with Crippen LogP contribution in [-0.4, -0.2) is 43.3 Å². The van der Waals surface area contributed by atoms with Crippen LogP contribution in [0.25, 0.3) is 0 Å². The molecular weight excluding hydrogens is 405 g/mol. The molecule has 0 spiro atoms. The summed E-state index contributed by atoms with van der Waals surface area (Å²) in [5.74, 6) is -0.548. The molecule has 1 N–H and O–H groups in total. The number of amides is 1. The van der Waals surface area contributed by atoms with Crippen molar-refractivity contribution in [1.82, 2.24) is 4.90 Å². The number of alkyl halides is 3. The minimum atomic E-state index is -4.52. The van der Waals surface area contributed by atoms with Gasteiger partial charge in [-0.05, 0) is 43.2 Å². The van der Waals surface area contributed by atoms with Crippen LogP contribution in [0.2, 0.25) is 0 Å². The van der Waals surface area contributed by atoms with Gasteiger partial charge in [0, 0.05) is 36.9 Å². The Balaban J connectivity index is 2.02. The lowest BCUT2D eigenvalue weighted by molar-refractivity contribution is -0.116. The molecule has 1 unspecified atom stereocenters. The zero-order valence-corrected chi connectivity index (χ0v) is 18.8. The molecule has 1 aliphatic heterocycles. The Morgan fingerprint density at radius 2 is 2.00 bits per heavy atom. The van der Waals surface area contributed by atoms with Crippen molar-refractivity contribution in [3.8, 4) is 0 Å². The van der Waals surface area contributed by atoms with Gasteiger partial charge in [-0.25, -0.2) is 0 Å². The van der Waals surface area contributed by atoms with Crippen LogP contribution in [0, 0.1) is 0 Å². The van der Waals surface area contributed by atoms with Gasteiger partial charge in [-0.3, -0.25) is 4.79 Å². The Labute approximate surface area is 182 Å². The van der Waals surface area contributed by atoms with E-state index in [0.29, 0.717) is 18.5 Å². The quantitative estimate of drug-likeness (QED) is 0.676. The molecule has 4 nitrogen and oxygen atoms in total. The van der Waals surface area contributed by atoms with Gasteiger partial charge >= 0.3 is 6.18 Å². The van der Waals surface area contributed by atoms with Crippen molar-refractivity contribution in [3.05, 3.63) is 52.6 Å². The van der Waals surface area contributed by atoms with Crippen molar-refractivity contribution in [2.75, 3.05) is 26.0 Å². The van der Waals surface area contributed by atoms with Crippen molar-refractivity contribution < 1.29 is 22.7 Å². The van der Waals surface area contributed by atoms with E-state index in [1.54, 1.807) is 0 Å². The molecule has 1 heterocycles. The van der Waals surface area contributed by atoms with Gasteiger partial charge in [-0.15, -0.1) is 0 Å². The lowest BCUT2D eigenvalue weighted by atomic mass is 9.77. The maximum absolute atomic E-state index is 13.4. The van der Waals surface area contributed by atoms with E-state index in [9.17, 15) is 18.0 Å². The number of nitrogens with one attached hydrogen (secondary N) is 1. The van der Waals surface area contributed by atoms with Crippen molar-refractivity contribution >= 4 is 11.6 Å². The minimum absolute atomic E-state index is 0.00855. The number of halogens is 3. The minimum Gasteiger partial charge on any atom is -0.373 e. The number of fused-ring (bicyclic) bond motifs is 1. The number of carbonyl (C=O) groups is 1. The van der Waals surface area contributed by atoms with Crippen molar-refractivity contribution in [3.63, 3.8) is 0 Å². The maximum Gasteiger partial charge on any atom is 0.416 e. The Kier molecular flexibility index (Phi) is 6.40. The predicted molar refractivity (Wildman–Crippen MR) is 116 cm³/mol. The predicted octanol–water partition coefficient (Wildman–Crippen LogP) is 5.35. The monoisotopic (exact) mass is 436 g/mol. The summed E-state index contributed by atoms with van der Waals surface area (Å²) in [6.07, 6.45) is -1.31. The van der Waals surface area contributed by atoms with Crippen molar-refractivity contribution in [1.29, 1.82) is 0 Å². The molecule has 170 valence electrons. The fourth-order valence-corrected chi connectivity index (χ4v) is 5.06. The molecule has 0 saturated carbocycles. The number of hydrogen-bond acceptors (Lipinski definition) is 3. The highest BCUT2D eigenvalue weighted by molar-refractivity contribution is 6.06. The van der Waals surface area contributed by atoms with E-state index in [2.05, 4.69) is 24.1 Å². The van der Waals surface area contributed by atoms with Gasteiger partial charge in [0.2, 0.25) is 0 Å². The van der Waals surface area contributed by atoms with Gasteiger partial charge in [0.15, 0.2) is 0 Å². The number of rotatable bonds is 5. The molecule has 31 heavy (non-hydrogen) atoms. The fraction of sp³-hybridized carbons (Fsp3) is 0.542. The Morgan fingerprint density at radius 1 is 1.29 bits per heavy atom. The second kappa shape index (κ2) is 8.43. The molecule has 2 aliphatic rings. The van der Waals surface area contributed by atoms with Gasteiger partial charge in [0.05, 0.1) is 5.57 Å². The first-order valence-electron chi connectivity index (χ1n) is 10.6. The molecule has 0 saturated heterocycles. The Bertz CT molecular complexity index is 918. The molecule has 0 bridgehead atoms. The summed E-state index contributed by atoms with van der Waals surface area (Å²) in [6.45, 7) is 7.71. The molecule has 3 rings (SSSR count). The van der Waals surface area contributed by atoms with Crippen LogP contribution in [0.3, 0.4) is 0 Å². The topological polar surface area (TPSA) is 41.6 Å². The molecule has 0 radical (unpaired) electrons. The zero-order valence-electron chi connectivity index (χ0n) is 18.8. The average Bonchev–Trinajstić information content (AvgIpc) is 2.66. The number of benzene rings is 1. The lowest BCUT2D eigenvalue weighted by Gasteiger charge is -2.40. The number of carbonyl (C=O) groups excluding carboxylic acids is 1. The average molecular weight is 437 g/mol.